The van der Waals surface area contributed by atoms with E-state index in [1.54, 1.807) is 0 Å². The summed E-state index contributed by atoms with van der Waals surface area (Å²) >= 11 is 0. The number of hydrogen-bond donors (Lipinski definition) is 1. The van der Waals surface area contributed by atoms with Crippen molar-refractivity contribution in [2.75, 3.05) is 13.2 Å². The molecule has 10 heavy (non-hydrogen) atoms. The average molecular weight is 141 g/mol. The van der Waals surface area contributed by atoms with Gasteiger partial charge in [0.15, 0.2) is 0 Å². The first-order valence-electron chi connectivity index (χ1n) is 4.19. The zero-order chi connectivity index (χ0) is 7.03. The summed E-state index contributed by atoms with van der Waals surface area (Å²) in [7, 11) is 0. The summed E-state index contributed by atoms with van der Waals surface area (Å²) in [5.74, 6) is 0.855. The summed E-state index contributed by atoms with van der Waals surface area (Å²) in [5, 5.41) is 0. The average Bonchev–Trinajstić information content (AvgIpc) is 2.08. The van der Waals surface area contributed by atoms with Crippen LogP contribution in [0.4, 0.5) is 0 Å². The highest BCUT2D eigenvalue weighted by Gasteiger charge is 2.40. The lowest BCUT2D eigenvalue weighted by Gasteiger charge is -2.45. The van der Waals surface area contributed by atoms with Crippen LogP contribution in [0.25, 0.3) is 0 Å². The predicted octanol–water partition coefficient (Wildman–Crippen LogP) is 0.904. The van der Waals surface area contributed by atoms with Crippen molar-refractivity contribution in [3.05, 3.63) is 0 Å². The fraction of sp³-hybridized carbons (Fsp3) is 1.00. The van der Waals surface area contributed by atoms with Crippen molar-refractivity contribution in [3.63, 3.8) is 0 Å². The fourth-order valence-corrected chi connectivity index (χ4v) is 2.07. The van der Waals surface area contributed by atoms with Crippen LogP contribution in [-0.4, -0.2) is 18.8 Å². The van der Waals surface area contributed by atoms with Crippen LogP contribution in [0, 0.1) is 5.92 Å². The van der Waals surface area contributed by atoms with E-state index in [9.17, 15) is 0 Å². The van der Waals surface area contributed by atoms with Crippen LogP contribution in [0.1, 0.15) is 25.7 Å². The molecule has 1 saturated carbocycles. The number of hydrogen-bond acceptors (Lipinski definition) is 2. The minimum Gasteiger partial charge on any atom is -0.373 e. The molecule has 0 aromatic rings. The van der Waals surface area contributed by atoms with Crippen LogP contribution in [0.15, 0.2) is 0 Å². The van der Waals surface area contributed by atoms with E-state index in [1.165, 1.54) is 25.7 Å². The van der Waals surface area contributed by atoms with E-state index < -0.39 is 0 Å². The topological polar surface area (TPSA) is 35.2 Å². The molecule has 0 radical (unpaired) electrons. The van der Waals surface area contributed by atoms with Gasteiger partial charge in [0.05, 0.1) is 12.2 Å². The van der Waals surface area contributed by atoms with Gasteiger partial charge in [-0.15, -0.1) is 0 Å². The SMILES string of the molecule is NCC12CCC(CC1)CO2. The molecule has 2 heteroatoms. The van der Waals surface area contributed by atoms with Gasteiger partial charge in [-0.05, 0) is 31.6 Å². The molecule has 3 rings (SSSR count). The van der Waals surface area contributed by atoms with Crippen molar-refractivity contribution < 1.29 is 4.74 Å². The first-order valence-corrected chi connectivity index (χ1v) is 4.19. The molecule has 2 N–H and O–H groups in total. The first-order chi connectivity index (χ1) is 4.85. The van der Waals surface area contributed by atoms with Crippen LogP contribution in [0.2, 0.25) is 0 Å². The molecule has 0 spiro atoms. The summed E-state index contributed by atoms with van der Waals surface area (Å²) in [6.45, 7) is 1.69. The van der Waals surface area contributed by atoms with Crippen molar-refractivity contribution in [2.24, 2.45) is 11.7 Å². The van der Waals surface area contributed by atoms with Gasteiger partial charge in [-0.3, -0.25) is 0 Å². The summed E-state index contributed by atoms with van der Waals surface area (Å²) in [6, 6.07) is 0. The number of fused-ring (bicyclic) bond motifs is 3. The molecular formula is C8H15NO. The molecule has 3 aliphatic rings. The lowest BCUT2D eigenvalue weighted by Crippen LogP contribution is -2.49. The van der Waals surface area contributed by atoms with Crippen molar-refractivity contribution in [1.29, 1.82) is 0 Å². The van der Waals surface area contributed by atoms with E-state index in [1.807, 2.05) is 0 Å². The van der Waals surface area contributed by atoms with Gasteiger partial charge in [-0.1, -0.05) is 0 Å². The maximum atomic E-state index is 5.69. The molecular weight excluding hydrogens is 126 g/mol. The van der Waals surface area contributed by atoms with Gasteiger partial charge < -0.3 is 10.5 Å². The standard InChI is InChI=1S/C8H15NO/c9-6-8-3-1-7(2-4-8)5-10-8/h7H,1-6,9H2. The second-order valence-corrected chi connectivity index (χ2v) is 3.64. The monoisotopic (exact) mass is 141 g/mol. The molecule has 2 saturated heterocycles. The van der Waals surface area contributed by atoms with E-state index in [0.717, 1.165) is 19.1 Å². The molecule has 0 amide bonds. The van der Waals surface area contributed by atoms with Crippen LogP contribution in [-0.2, 0) is 4.74 Å². The van der Waals surface area contributed by atoms with Crippen LogP contribution >= 0.6 is 0 Å². The Labute approximate surface area is 61.7 Å². The smallest absolute Gasteiger partial charge is 0.0804 e. The van der Waals surface area contributed by atoms with Gasteiger partial charge in [0.1, 0.15) is 0 Å². The Hall–Kier alpha value is -0.0800. The molecule has 0 aromatic carbocycles. The zero-order valence-electron chi connectivity index (χ0n) is 6.31. The number of nitrogens with two attached hydrogens (primary N) is 1. The Morgan fingerprint density at radius 3 is 2.40 bits per heavy atom. The van der Waals surface area contributed by atoms with Crippen LogP contribution in [0.5, 0.6) is 0 Å². The fourth-order valence-electron chi connectivity index (χ4n) is 2.07. The largest absolute Gasteiger partial charge is 0.373 e. The molecule has 58 valence electrons. The zero-order valence-corrected chi connectivity index (χ0v) is 6.31. The summed E-state index contributed by atoms with van der Waals surface area (Å²) in [4.78, 5) is 0. The van der Waals surface area contributed by atoms with Crippen LogP contribution < -0.4 is 5.73 Å². The maximum absolute atomic E-state index is 5.69. The molecule has 2 bridgehead atoms. The Morgan fingerprint density at radius 2 is 2.10 bits per heavy atom. The molecule has 0 atom stereocenters. The van der Waals surface area contributed by atoms with Crippen molar-refractivity contribution >= 4 is 0 Å². The quantitative estimate of drug-likeness (QED) is 0.589. The number of ether oxygens (including phenoxy) is 1. The number of rotatable bonds is 1. The lowest BCUT2D eigenvalue weighted by atomic mass is 9.76. The molecule has 0 unspecified atom stereocenters. The van der Waals surface area contributed by atoms with Crippen molar-refractivity contribution in [2.45, 2.75) is 31.3 Å². The summed E-state index contributed by atoms with van der Waals surface area (Å²) < 4.78 is 5.69. The minimum absolute atomic E-state index is 0.106. The van der Waals surface area contributed by atoms with E-state index in [0.29, 0.717) is 0 Å². The third-order valence-electron chi connectivity index (χ3n) is 3.01. The molecule has 0 aromatic heterocycles. The van der Waals surface area contributed by atoms with Crippen LogP contribution in [0.3, 0.4) is 0 Å². The van der Waals surface area contributed by atoms with E-state index in [2.05, 4.69) is 0 Å². The summed E-state index contributed by atoms with van der Waals surface area (Å²) in [5.41, 5.74) is 5.75. The summed E-state index contributed by atoms with van der Waals surface area (Å²) in [6.07, 6.45) is 5.09. The van der Waals surface area contributed by atoms with Gasteiger partial charge >= 0.3 is 0 Å². The van der Waals surface area contributed by atoms with E-state index in [4.69, 9.17) is 10.5 Å². The Morgan fingerprint density at radius 1 is 1.40 bits per heavy atom. The minimum atomic E-state index is 0.106. The third-order valence-corrected chi connectivity index (χ3v) is 3.01. The second kappa shape index (κ2) is 2.21. The third kappa shape index (κ3) is 0.867. The molecule has 3 fully saturated rings. The first kappa shape index (κ1) is 6.62. The highest BCUT2D eigenvalue weighted by molar-refractivity contribution is 4.92. The molecule has 2 aliphatic heterocycles. The molecule has 2 heterocycles. The Kier molecular flexibility index (Phi) is 1.46. The van der Waals surface area contributed by atoms with E-state index in [-0.39, 0.29) is 5.60 Å². The van der Waals surface area contributed by atoms with Crippen molar-refractivity contribution in [3.8, 4) is 0 Å². The van der Waals surface area contributed by atoms with Gasteiger partial charge in [-0.25, -0.2) is 0 Å². The Balaban J connectivity index is 2.08. The predicted molar refractivity (Wildman–Crippen MR) is 39.7 cm³/mol. The highest BCUT2D eigenvalue weighted by Crippen LogP contribution is 2.39. The second-order valence-electron chi connectivity index (χ2n) is 3.64. The van der Waals surface area contributed by atoms with Gasteiger partial charge in [0.25, 0.3) is 0 Å². The Bertz CT molecular complexity index is 113. The maximum Gasteiger partial charge on any atom is 0.0804 e. The van der Waals surface area contributed by atoms with Gasteiger partial charge in [0, 0.05) is 6.54 Å². The van der Waals surface area contributed by atoms with Crippen molar-refractivity contribution in [1.82, 2.24) is 0 Å². The highest BCUT2D eigenvalue weighted by atomic mass is 16.5. The van der Waals surface area contributed by atoms with Gasteiger partial charge in [0.2, 0.25) is 0 Å². The van der Waals surface area contributed by atoms with Gasteiger partial charge in [-0.2, -0.15) is 0 Å². The molecule has 1 aliphatic carbocycles. The lowest BCUT2D eigenvalue weighted by molar-refractivity contribution is -0.137. The molecule has 2 nitrogen and oxygen atoms in total. The van der Waals surface area contributed by atoms with E-state index >= 15 is 0 Å². The normalized spacial score (nSPS) is 45.9.